The van der Waals surface area contributed by atoms with Gasteiger partial charge in [-0.15, -0.1) is 0 Å². The lowest BCUT2D eigenvalue weighted by Gasteiger charge is -2.06. The molecule has 2 aromatic heterocycles. The first kappa shape index (κ1) is 17.0. The van der Waals surface area contributed by atoms with Crippen molar-refractivity contribution in [3.63, 3.8) is 0 Å². The molecule has 1 aromatic carbocycles. The summed E-state index contributed by atoms with van der Waals surface area (Å²) in [6, 6.07) is 3.58. The quantitative estimate of drug-likeness (QED) is 0.631. The van der Waals surface area contributed by atoms with Crippen LogP contribution in [0.4, 0.5) is 0 Å². The summed E-state index contributed by atoms with van der Waals surface area (Å²) in [6.07, 6.45) is 3.15. The molecule has 1 aliphatic rings. The summed E-state index contributed by atoms with van der Waals surface area (Å²) in [5.41, 5.74) is 1.67. The monoisotopic (exact) mass is 371 g/mol. The van der Waals surface area contributed by atoms with E-state index in [0.29, 0.717) is 41.0 Å². The number of nitrogens with zero attached hydrogens (tertiary/aromatic N) is 3. The van der Waals surface area contributed by atoms with Gasteiger partial charge in [-0.1, -0.05) is 0 Å². The number of aryl methyl sites for hydroxylation is 1. The maximum atomic E-state index is 11.5. The third kappa shape index (κ3) is 3.07. The van der Waals surface area contributed by atoms with Crippen LogP contribution in [0.25, 0.3) is 11.5 Å². The van der Waals surface area contributed by atoms with Gasteiger partial charge in [0.25, 0.3) is 0 Å². The summed E-state index contributed by atoms with van der Waals surface area (Å²) in [6.45, 7) is 2.38. The van der Waals surface area contributed by atoms with Crippen LogP contribution in [-0.4, -0.2) is 41.5 Å². The molecule has 0 aliphatic carbocycles. The summed E-state index contributed by atoms with van der Waals surface area (Å²) in [4.78, 5) is 20.1. The van der Waals surface area contributed by atoms with E-state index in [1.54, 1.807) is 36.3 Å². The number of fused-ring (bicyclic) bond motifs is 1. The third-order valence-electron chi connectivity index (χ3n) is 4.16. The first-order valence-electron chi connectivity index (χ1n) is 8.13. The van der Waals surface area contributed by atoms with Gasteiger partial charge in [-0.05, 0) is 19.1 Å². The molecule has 140 valence electrons. The molecular formula is C18H17N3O6. The molecule has 0 saturated carbocycles. The number of hydrogen-bond donors (Lipinski definition) is 0. The Morgan fingerprint density at radius 2 is 2.15 bits per heavy atom. The molecule has 0 atom stereocenters. The molecule has 4 rings (SSSR count). The number of carbonyl (C=O) groups excluding carboxylic acids is 1. The standard InChI is InChI=1S/C18H17N3O6/c1-10-12(6-21-7-13(19-8-21)18(22)24-3)20-17(27-10)11-4-14(23-2)16-15(5-11)25-9-26-16/h4-5,7-8H,6,9H2,1-3H3. The normalized spacial score (nSPS) is 12.3. The fourth-order valence-corrected chi connectivity index (χ4v) is 2.78. The molecule has 9 nitrogen and oxygen atoms in total. The maximum absolute atomic E-state index is 11.5. The summed E-state index contributed by atoms with van der Waals surface area (Å²) in [7, 11) is 2.88. The molecule has 0 bridgehead atoms. The smallest absolute Gasteiger partial charge is 0.358 e. The topological polar surface area (TPSA) is 97.8 Å². The van der Waals surface area contributed by atoms with E-state index in [9.17, 15) is 4.79 Å². The van der Waals surface area contributed by atoms with Gasteiger partial charge in [0.05, 0.1) is 27.1 Å². The number of imidazole rings is 1. The summed E-state index contributed by atoms with van der Waals surface area (Å²) in [5, 5.41) is 0. The van der Waals surface area contributed by atoms with Crippen molar-refractivity contribution in [2.75, 3.05) is 21.0 Å². The number of aromatic nitrogens is 3. The minimum Gasteiger partial charge on any atom is -0.493 e. The van der Waals surface area contributed by atoms with Crippen molar-refractivity contribution >= 4 is 5.97 Å². The van der Waals surface area contributed by atoms with Gasteiger partial charge in [0.2, 0.25) is 18.4 Å². The number of rotatable bonds is 5. The fourth-order valence-electron chi connectivity index (χ4n) is 2.78. The average Bonchev–Trinajstić information content (AvgIpc) is 3.41. The molecule has 0 unspecified atom stereocenters. The van der Waals surface area contributed by atoms with Crippen molar-refractivity contribution in [3.05, 3.63) is 41.8 Å². The predicted molar refractivity (Wildman–Crippen MR) is 92.0 cm³/mol. The van der Waals surface area contributed by atoms with Crippen molar-refractivity contribution in [3.8, 4) is 28.7 Å². The number of methoxy groups -OCH3 is 2. The second-order valence-corrected chi connectivity index (χ2v) is 5.86. The first-order valence-corrected chi connectivity index (χ1v) is 8.13. The zero-order valence-electron chi connectivity index (χ0n) is 15.0. The molecule has 9 heteroatoms. The molecule has 0 N–H and O–H groups in total. The molecule has 0 spiro atoms. The molecule has 0 fully saturated rings. The minimum atomic E-state index is -0.487. The van der Waals surface area contributed by atoms with E-state index in [-0.39, 0.29) is 12.5 Å². The Hall–Kier alpha value is -3.49. The van der Waals surface area contributed by atoms with Crippen LogP contribution in [0.1, 0.15) is 21.9 Å². The zero-order valence-corrected chi connectivity index (χ0v) is 15.0. The highest BCUT2D eigenvalue weighted by Gasteiger charge is 2.23. The molecule has 3 heterocycles. The van der Waals surface area contributed by atoms with Gasteiger partial charge in [0, 0.05) is 11.8 Å². The van der Waals surface area contributed by atoms with E-state index in [4.69, 9.17) is 18.6 Å². The number of benzene rings is 1. The number of hydrogen-bond acceptors (Lipinski definition) is 8. The lowest BCUT2D eigenvalue weighted by Crippen LogP contribution is -2.02. The first-order chi connectivity index (χ1) is 13.1. The second kappa shape index (κ2) is 6.67. The maximum Gasteiger partial charge on any atom is 0.358 e. The van der Waals surface area contributed by atoms with E-state index in [2.05, 4.69) is 14.7 Å². The van der Waals surface area contributed by atoms with E-state index in [1.807, 2.05) is 6.92 Å². The van der Waals surface area contributed by atoms with E-state index < -0.39 is 5.97 Å². The van der Waals surface area contributed by atoms with Gasteiger partial charge in [0.1, 0.15) is 11.5 Å². The summed E-state index contributed by atoms with van der Waals surface area (Å²) < 4.78 is 28.4. The minimum absolute atomic E-state index is 0.147. The zero-order chi connectivity index (χ0) is 19.0. The van der Waals surface area contributed by atoms with Crippen LogP contribution >= 0.6 is 0 Å². The second-order valence-electron chi connectivity index (χ2n) is 5.86. The lowest BCUT2D eigenvalue weighted by atomic mass is 10.2. The van der Waals surface area contributed by atoms with Crippen molar-refractivity contribution in [1.82, 2.24) is 14.5 Å². The number of oxazole rings is 1. The Morgan fingerprint density at radius 1 is 1.30 bits per heavy atom. The van der Waals surface area contributed by atoms with Crippen LogP contribution in [0, 0.1) is 6.92 Å². The van der Waals surface area contributed by atoms with Gasteiger partial charge >= 0.3 is 5.97 Å². The van der Waals surface area contributed by atoms with Crippen LogP contribution in [0.3, 0.4) is 0 Å². The molecule has 0 radical (unpaired) electrons. The molecular weight excluding hydrogens is 354 g/mol. The van der Waals surface area contributed by atoms with E-state index in [1.165, 1.54) is 7.11 Å². The Kier molecular flexibility index (Phi) is 4.19. The van der Waals surface area contributed by atoms with Crippen molar-refractivity contribution in [2.24, 2.45) is 0 Å². The predicted octanol–water partition coefficient (Wildman–Crippen LogP) is 2.42. The summed E-state index contributed by atoms with van der Waals surface area (Å²) >= 11 is 0. The number of ether oxygens (including phenoxy) is 4. The average molecular weight is 371 g/mol. The van der Waals surface area contributed by atoms with Gasteiger partial charge in [-0.25, -0.2) is 14.8 Å². The molecule has 1 aliphatic heterocycles. The molecule has 3 aromatic rings. The highest BCUT2D eigenvalue weighted by molar-refractivity contribution is 5.86. The van der Waals surface area contributed by atoms with Gasteiger partial charge in [0.15, 0.2) is 17.2 Å². The van der Waals surface area contributed by atoms with Crippen molar-refractivity contribution < 1.29 is 28.2 Å². The van der Waals surface area contributed by atoms with Crippen LogP contribution in [0.15, 0.2) is 29.1 Å². The highest BCUT2D eigenvalue weighted by atomic mass is 16.7. The van der Waals surface area contributed by atoms with Crippen LogP contribution < -0.4 is 14.2 Å². The number of carbonyl (C=O) groups is 1. The van der Waals surface area contributed by atoms with Gasteiger partial charge in [-0.3, -0.25) is 0 Å². The third-order valence-corrected chi connectivity index (χ3v) is 4.16. The van der Waals surface area contributed by atoms with E-state index in [0.717, 1.165) is 5.69 Å². The highest BCUT2D eigenvalue weighted by Crippen LogP contribution is 2.44. The fraction of sp³-hybridized carbons (Fsp3) is 0.278. The Morgan fingerprint density at radius 3 is 2.93 bits per heavy atom. The molecule has 27 heavy (non-hydrogen) atoms. The van der Waals surface area contributed by atoms with E-state index >= 15 is 0 Å². The van der Waals surface area contributed by atoms with Crippen LogP contribution in [0.5, 0.6) is 17.2 Å². The SMILES string of the molecule is COC(=O)c1cn(Cc2nc(-c3cc(OC)c4c(c3)OCO4)oc2C)cn1. The Bertz CT molecular complexity index is 1010. The Balaban J connectivity index is 1.62. The van der Waals surface area contributed by atoms with Gasteiger partial charge in [-0.2, -0.15) is 0 Å². The largest absolute Gasteiger partial charge is 0.493 e. The summed E-state index contributed by atoms with van der Waals surface area (Å²) in [5.74, 6) is 2.31. The molecule has 0 saturated heterocycles. The van der Waals surface area contributed by atoms with Crippen molar-refractivity contribution in [2.45, 2.75) is 13.5 Å². The lowest BCUT2D eigenvalue weighted by molar-refractivity contribution is 0.0594. The van der Waals surface area contributed by atoms with Crippen LogP contribution in [-0.2, 0) is 11.3 Å². The van der Waals surface area contributed by atoms with Crippen LogP contribution in [0.2, 0.25) is 0 Å². The van der Waals surface area contributed by atoms with Crippen molar-refractivity contribution in [1.29, 1.82) is 0 Å². The number of esters is 1. The Labute approximate surface area is 154 Å². The molecule has 0 amide bonds. The van der Waals surface area contributed by atoms with Gasteiger partial charge < -0.3 is 27.9 Å².